The van der Waals surface area contributed by atoms with Gasteiger partial charge in [-0.1, -0.05) is 54.1 Å². The Labute approximate surface area is 144 Å². The molecule has 4 aromatic rings. The maximum atomic E-state index is 6.28. The van der Waals surface area contributed by atoms with E-state index in [2.05, 4.69) is 23.2 Å². The molecule has 0 saturated carbocycles. The van der Waals surface area contributed by atoms with Gasteiger partial charge in [0.25, 0.3) is 0 Å². The Morgan fingerprint density at radius 1 is 0.958 bits per heavy atom. The van der Waals surface area contributed by atoms with Gasteiger partial charge in [0.15, 0.2) is 5.58 Å². The molecule has 0 amide bonds. The second-order valence-corrected chi connectivity index (χ2v) is 6.09. The molecule has 4 heteroatoms. The van der Waals surface area contributed by atoms with Gasteiger partial charge in [0, 0.05) is 17.7 Å². The minimum Gasteiger partial charge on any atom is -0.436 e. The quantitative estimate of drug-likeness (QED) is 0.516. The number of hydrogen-bond acceptors (Lipinski definition) is 3. The average Bonchev–Trinajstić information content (AvgIpc) is 3.01. The summed E-state index contributed by atoms with van der Waals surface area (Å²) in [7, 11) is 0. The number of para-hydroxylation sites is 1. The molecule has 3 nitrogen and oxygen atoms in total. The summed E-state index contributed by atoms with van der Waals surface area (Å²) in [4.78, 5) is 4.58. The lowest BCUT2D eigenvalue weighted by Crippen LogP contribution is -1.87. The largest absolute Gasteiger partial charge is 0.436 e. The molecule has 1 heterocycles. The third-order valence-electron chi connectivity index (χ3n) is 3.96. The summed E-state index contributed by atoms with van der Waals surface area (Å²) in [5.74, 6) is 0.510. The highest BCUT2D eigenvalue weighted by Crippen LogP contribution is 2.32. The van der Waals surface area contributed by atoms with Crippen LogP contribution in [0.15, 0.2) is 71.1 Å². The van der Waals surface area contributed by atoms with E-state index >= 15 is 0 Å². The first-order chi connectivity index (χ1) is 11.7. The topological polar surface area (TPSA) is 52.0 Å². The lowest BCUT2D eigenvalue weighted by Gasteiger charge is -2.02. The first-order valence-electron chi connectivity index (χ1n) is 7.68. The molecule has 24 heavy (non-hydrogen) atoms. The maximum absolute atomic E-state index is 6.28. The smallest absolute Gasteiger partial charge is 0.228 e. The molecule has 0 fully saturated rings. The van der Waals surface area contributed by atoms with E-state index in [-0.39, 0.29) is 0 Å². The maximum Gasteiger partial charge on any atom is 0.228 e. The Bertz CT molecular complexity index is 1010. The van der Waals surface area contributed by atoms with E-state index < -0.39 is 0 Å². The number of halogens is 1. The Kier molecular flexibility index (Phi) is 3.71. The monoisotopic (exact) mass is 334 g/mol. The Balaban J connectivity index is 1.79. The number of nitrogens with zero attached hydrogens (tertiary/aromatic N) is 1. The molecular formula is C20H15ClN2O. The molecule has 0 saturated heterocycles. The van der Waals surface area contributed by atoms with Crippen molar-refractivity contribution in [1.82, 2.24) is 4.98 Å². The number of hydrogen-bond donors (Lipinski definition) is 1. The highest BCUT2D eigenvalue weighted by atomic mass is 35.5. The first-order valence-corrected chi connectivity index (χ1v) is 8.06. The van der Waals surface area contributed by atoms with Crippen LogP contribution in [-0.4, -0.2) is 4.98 Å². The summed E-state index contributed by atoms with van der Waals surface area (Å²) in [5, 5.41) is 0.533. The van der Waals surface area contributed by atoms with Crippen LogP contribution in [0.1, 0.15) is 11.1 Å². The van der Waals surface area contributed by atoms with Crippen LogP contribution in [0, 0.1) is 0 Å². The zero-order valence-electron chi connectivity index (χ0n) is 12.9. The highest BCUT2D eigenvalue weighted by molar-refractivity contribution is 6.33. The van der Waals surface area contributed by atoms with Gasteiger partial charge in [-0.15, -0.1) is 0 Å². The molecule has 0 aliphatic rings. The van der Waals surface area contributed by atoms with Crippen molar-refractivity contribution in [1.29, 1.82) is 0 Å². The van der Waals surface area contributed by atoms with Gasteiger partial charge in [-0.2, -0.15) is 0 Å². The summed E-state index contributed by atoms with van der Waals surface area (Å²) in [6.45, 7) is 0. The molecular weight excluding hydrogens is 320 g/mol. The number of nitrogens with two attached hydrogens (primary N) is 1. The van der Waals surface area contributed by atoms with Crippen LogP contribution in [0.25, 0.3) is 22.6 Å². The van der Waals surface area contributed by atoms with Crippen LogP contribution >= 0.6 is 11.6 Å². The van der Waals surface area contributed by atoms with Crippen LogP contribution in [-0.2, 0) is 6.42 Å². The average molecular weight is 335 g/mol. The molecule has 0 spiro atoms. The number of nitrogen functional groups attached to an aromatic ring is 1. The van der Waals surface area contributed by atoms with Crippen molar-refractivity contribution in [2.75, 3.05) is 5.73 Å². The van der Waals surface area contributed by atoms with Crippen LogP contribution < -0.4 is 5.73 Å². The molecule has 0 bridgehead atoms. The van der Waals surface area contributed by atoms with Gasteiger partial charge in [0.1, 0.15) is 5.52 Å². The Morgan fingerprint density at radius 3 is 2.58 bits per heavy atom. The number of aromatic nitrogens is 1. The van der Waals surface area contributed by atoms with Crippen molar-refractivity contribution in [3.63, 3.8) is 0 Å². The normalized spacial score (nSPS) is 11.0. The van der Waals surface area contributed by atoms with Crippen LogP contribution in [0.3, 0.4) is 0 Å². The van der Waals surface area contributed by atoms with Crippen LogP contribution in [0.5, 0.6) is 0 Å². The summed E-state index contributed by atoms with van der Waals surface area (Å²) in [6.07, 6.45) is 0.794. The van der Waals surface area contributed by atoms with Crippen molar-refractivity contribution in [3.8, 4) is 11.5 Å². The zero-order valence-corrected chi connectivity index (χ0v) is 13.6. The summed E-state index contributed by atoms with van der Waals surface area (Å²) < 4.78 is 6.04. The Hall–Kier alpha value is -2.78. The molecule has 0 aliphatic carbocycles. The fraction of sp³-hybridized carbons (Fsp3) is 0.0500. The Morgan fingerprint density at radius 2 is 1.79 bits per heavy atom. The summed E-state index contributed by atoms with van der Waals surface area (Å²) in [5.41, 5.74) is 11.1. The van der Waals surface area contributed by atoms with Gasteiger partial charge < -0.3 is 10.2 Å². The zero-order chi connectivity index (χ0) is 16.5. The highest BCUT2D eigenvalue weighted by Gasteiger charge is 2.14. The fourth-order valence-corrected chi connectivity index (χ4v) is 3.05. The minimum atomic E-state index is 0.510. The number of fused-ring (bicyclic) bond motifs is 1. The number of anilines is 1. The predicted molar refractivity (Wildman–Crippen MR) is 98.1 cm³/mol. The van der Waals surface area contributed by atoms with E-state index in [9.17, 15) is 0 Å². The number of benzene rings is 3. The van der Waals surface area contributed by atoms with Crippen molar-refractivity contribution in [2.24, 2.45) is 0 Å². The van der Waals surface area contributed by atoms with E-state index in [1.165, 1.54) is 5.56 Å². The number of rotatable bonds is 3. The predicted octanol–water partition coefficient (Wildman–Crippen LogP) is 5.32. The van der Waals surface area contributed by atoms with E-state index in [0.717, 1.165) is 28.6 Å². The van der Waals surface area contributed by atoms with E-state index in [4.69, 9.17) is 21.8 Å². The van der Waals surface area contributed by atoms with Crippen molar-refractivity contribution >= 4 is 28.4 Å². The molecule has 0 aliphatic heterocycles. The molecule has 0 atom stereocenters. The molecule has 118 valence electrons. The summed E-state index contributed by atoms with van der Waals surface area (Å²) >= 11 is 6.28. The van der Waals surface area contributed by atoms with Crippen molar-refractivity contribution in [2.45, 2.75) is 6.42 Å². The van der Waals surface area contributed by atoms with Gasteiger partial charge in [-0.3, -0.25) is 0 Å². The third kappa shape index (κ3) is 2.74. The molecule has 0 unspecified atom stereocenters. The van der Waals surface area contributed by atoms with E-state index in [1.807, 2.05) is 36.4 Å². The molecule has 2 N–H and O–H groups in total. The fourth-order valence-electron chi connectivity index (χ4n) is 2.78. The SMILES string of the molecule is Nc1ccc(-c2nc3cccc(Cc4ccccc4)c3o2)c(Cl)c1. The van der Waals surface area contributed by atoms with Gasteiger partial charge in [-0.05, 0) is 29.8 Å². The molecule has 0 radical (unpaired) electrons. The standard InChI is InChI=1S/C20H15ClN2O/c21-17-12-15(22)9-10-16(17)20-23-18-8-4-7-14(19(18)24-20)11-13-5-2-1-3-6-13/h1-10,12H,11,22H2. The minimum absolute atomic E-state index is 0.510. The van der Waals surface area contributed by atoms with Gasteiger partial charge in [0.05, 0.1) is 10.6 Å². The second kappa shape index (κ2) is 6.02. The lowest BCUT2D eigenvalue weighted by molar-refractivity contribution is 0.616. The molecule has 3 aromatic carbocycles. The van der Waals surface area contributed by atoms with E-state index in [1.54, 1.807) is 12.1 Å². The van der Waals surface area contributed by atoms with Crippen molar-refractivity contribution < 1.29 is 4.42 Å². The summed E-state index contributed by atoms with van der Waals surface area (Å²) in [6, 6.07) is 21.6. The van der Waals surface area contributed by atoms with E-state index in [0.29, 0.717) is 16.6 Å². The van der Waals surface area contributed by atoms with Gasteiger partial charge in [-0.25, -0.2) is 4.98 Å². The third-order valence-corrected chi connectivity index (χ3v) is 4.27. The lowest BCUT2D eigenvalue weighted by atomic mass is 10.0. The number of oxazole rings is 1. The van der Waals surface area contributed by atoms with Crippen molar-refractivity contribution in [3.05, 3.63) is 82.9 Å². The first kappa shape index (κ1) is 14.8. The van der Waals surface area contributed by atoms with Crippen LogP contribution in [0.2, 0.25) is 5.02 Å². The molecule has 1 aromatic heterocycles. The van der Waals surface area contributed by atoms with Crippen LogP contribution in [0.4, 0.5) is 5.69 Å². The van der Waals surface area contributed by atoms with Gasteiger partial charge in [0.2, 0.25) is 5.89 Å². The van der Waals surface area contributed by atoms with Gasteiger partial charge >= 0.3 is 0 Å². The molecule has 4 rings (SSSR count). The second-order valence-electron chi connectivity index (χ2n) is 5.69.